The Balaban J connectivity index is 1.77. The molecular weight excluding hydrogens is 442 g/mol. The average Bonchev–Trinajstić information content (AvgIpc) is 3.14. The number of nitro groups is 1. The molecule has 9 nitrogen and oxygen atoms in total. The van der Waals surface area contributed by atoms with Gasteiger partial charge in [0.15, 0.2) is 0 Å². The average molecular weight is 458 g/mol. The summed E-state index contributed by atoms with van der Waals surface area (Å²) in [6.07, 6.45) is 2.61. The number of nitrogens with zero attached hydrogens (tertiary/aromatic N) is 4. The van der Waals surface area contributed by atoms with Crippen LogP contribution in [0, 0.1) is 10.1 Å². The summed E-state index contributed by atoms with van der Waals surface area (Å²) in [6, 6.07) is 14.5. The quantitative estimate of drug-likeness (QED) is 0.332. The van der Waals surface area contributed by atoms with Crippen molar-refractivity contribution in [3.8, 4) is 5.75 Å². The minimum absolute atomic E-state index is 0.284. The van der Waals surface area contributed by atoms with Crippen LogP contribution < -0.4 is 10.2 Å². The third kappa shape index (κ3) is 5.05. The van der Waals surface area contributed by atoms with E-state index < -0.39 is 16.5 Å². The number of hydrogen-bond acceptors (Lipinski definition) is 6. The van der Waals surface area contributed by atoms with Gasteiger partial charge in [-0.05, 0) is 29.8 Å². The second-order valence-electron chi connectivity index (χ2n) is 5.89. The highest BCUT2D eigenvalue weighted by Crippen LogP contribution is 2.19. The fourth-order valence-corrected chi connectivity index (χ4v) is 2.81. The standard InChI is InChI=1S/C19H16BrN5O4/c1-29-17-5-3-2-4-14(17)10-21-22-19(26)18-16(25(27)28)12-24(23-18)11-13-6-8-15(20)9-7-13/h2-10,12H,11H2,1H3,(H,22,26). The number of ether oxygens (including phenoxy) is 1. The number of carbonyl (C=O) groups is 1. The Kier molecular flexibility index (Phi) is 6.35. The number of methoxy groups -OCH3 is 1. The van der Waals surface area contributed by atoms with E-state index in [9.17, 15) is 14.9 Å². The summed E-state index contributed by atoms with van der Waals surface area (Å²) in [6.45, 7) is 0.284. The van der Waals surface area contributed by atoms with Gasteiger partial charge in [0.05, 0.1) is 24.8 Å². The van der Waals surface area contributed by atoms with E-state index in [1.165, 1.54) is 24.2 Å². The molecule has 0 spiro atoms. The van der Waals surface area contributed by atoms with Crippen molar-refractivity contribution in [3.63, 3.8) is 0 Å². The van der Waals surface area contributed by atoms with Crippen LogP contribution in [0.1, 0.15) is 21.6 Å². The topological polar surface area (TPSA) is 112 Å². The van der Waals surface area contributed by atoms with Crippen LogP contribution in [0.3, 0.4) is 0 Å². The Labute approximate surface area is 174 Å². The number of amides is 1. The summed E-state index contributed by atoms with van der Waals surface area (Å²) in [5.41, 5.74) is 3.08. The van der Waals surface area contributed by atoms with E-state index in [1.54, 1.807) is 24.3 Å². The number of halogens is 1. The molecule has 0 radical (unpaired) electrons. The van der Waals surface area contributed by atoms with Crippen LogP contribution in [0.25, 0.3) is 0 Å². The highest BCUT2D eigenvalue weighted by Gasteiger charge is 2.25. The predicted molar refractivity (Wildman–Crippen MR) is 110 cm³/mol. The molecule has 1 amide bonds. The van der Waals surface area contributed by atoms with Crippen LogP contribution >= 0.6 is 15.9 Å². The third-order valence-corrected chi connectivity index (χ3v) is 4.45. The van der Waals surface area contributed by atoms with Gasteiger partial charge in [-0.1, -0.05) is 40.2 Å². The van der Waals surface area contributed by atoms with Gasteiger partial charge < -0.3 is 4.74 Å². The maximum absolute atomic E-state index is 12.4. The largest absolute Gasteiger partial charge is 0.496 e. The molecule has 0 saturated heterocycles. The number of nitrogens with one attached hydrogen (secondary N) is 1. The second kappa shape index (κ2) is 9.11. The first-order valence-electron chi connectivity index (χ1n) is 8.40. The van der Waals surface area contributed by atoms with E-state index in [0.717, 1.165) is 10.0 Å². The molecule has 3 aromatic rings. The zero-order valence-electron chi connectivity index (χ0n) is 15.3. The molecule has 1 heterocycles. The lowest BCUT2D eigenvalue weighted by atomic mass is 10.2. The van der Waals surface area contributed by atoms with Crippen molar-refractivity contribution in [2.45, 2.75) is 6.54 Å². The summed E-state index contributed by atoms with van der Waals surface area (Å²) >= 11 is 3.35. The lowest BCUT2D eigenvalue weighted by Crippen LogP contribution is -2.19. The summed E-state index contributed by atoms with van der Waals surface area (Å²) < 4.78 is 7.46. The Morgan fingerprint density at radius 3 is 2.72 bits per heavy atom. The summed E-state index contributed by atoms with van der Waals surface area (Å²) in [7, 11) is 1.52. The zero-order chi connectivity index (χ0) is 20.8. The second-order valence-corrected chi connectivity index (χ2v) is 6.80. The molecule has 0 unspecified atom stereocenters. The molecule has 0 atom stereocenters. The molecule has 1 N–H and O–H groups in total. The van der Waals surface area contributed by atoms with Gasteiger partial charge in [0, 0.05) is 10.0 Å². The third-order valence-electron chi connectivity index (χ3n) is 3.92. The Morgan fingerprint density at radius 2 is 2.03 bits per heavy atom. The van der Waals surface area contributed by atoms with Crippen molar-refractivity contribution < 1.29 is 14.5 Å². The van der Waals surface area contributed by atoms with Crippen LogP contribution in [0.4, 0.5) is 5.69 Å². The molecule has 3 rings (SSSR count). The smallest absolute Gasteiger partial charge is 0.320 e. The molecule has 0 bridgehead atoms. The van der Waals surface area contributed by atoms with Crippen LogP contribution in [0.5, 0.6) is 5.75 Å². The van der Waals surface area contributed by atoms with E-state index in [1.807, 2.05) is 24.3 Å². The molecule has 0 aliphatic carbocycles. The molecule has 29 heavy (non-hydrogen) atoms. The van der Waals surface area contributed by atoms with E-state index in [-0.39, 0.29) is 12.2 Å². The highest BCUT2D eigenvalue weighted by molar-refractivity contribution is 9.10. The van der Waals surface area contributed by atoms with Gasteiger partial charge >= 0.3 is 5.69 Å². The van der Waals surface area contributed by atoms with Crippen LogP contribution in [0.15, 0.2) is 64.3 Å². The lowest BCUT2D eigenvalue weighted by molar-refractivity contribution is -0.385. The number of hydrogen-bond donors (Lipinski definition) is 1. The van der Waals surface area contributed by atoms with Crippen molar-refractivity contribution in [2.75, 3.05) is 7.11 Å². The Bertz CT molecular complexity index is 1060. The van der Waals surface area contributed by atoms with Crippen molar-refractivity contribution in [3.05, 3.63) is 86.1 Å². The number of carbonyl (C=O) groups excluding carboxylic acids is 1. The molecule has 10 heteroatoms. The van der Waals surface area contributed by atoms with Gasteiger partial charge in [0.25, 0.3) is 5.91 Å². The maximum Gasteiger partial charge on any atom is 0.320 e. The first-order chi connectivity index (χ1) is 14.0. The number of aromatic nitrogens is 2. The van der Waals surface area contributed by atoms with E-state index in [0.29, 0.717) is 11.3 Å². The van der Waals surface area contributed by atoms with Gasteiger partial charge in [-0.3, -0.25) is 19.6 Å². The normalized spacial score (nSPS) is 10.8. The molecule has 0 aliphatic rings. The number of para-hydroxylation sites is 1. The summed E-state index contributed by atoms with van der Waals surface area (Å²) in [5, 5.41) is 19.2. The molecule has 2 aromatic carbocycles. The van der Waals surface area contributed by atoms with E-state index >= 15 is 0 Å². The molecule has 0 saturated carbocycles. The monoisotopic (exact) mass is 457 g/mol. The van der Waals surface area contributed by atoms with Gasteiger partial charge in [-0.2, -0.15) is 10.2 Å². The summed E-state index contributed by atoms with van der Waals surface area (Å²) in [4.78, 5) is 23.1. The Morgan fingerprint density at radius 1 is 1.31 bits per heavy atom. The van der Waals surface area contributed by atoms with Crippen LogP contribution in [-0.4, -0.2) is 33.9 Å². The molecular formula is C19H16BrN5O4. The van der Waals surface area contributed by atoms with Crippen LogP contribution in [-0.2, 0) is 6.54 Å². The summed E-state index contributed by atoms with van der Waals surface area (Å²) in [5.74, 6) is -0.201. The Hall–Kier alpha value is -3.53. The lowest BCUT2D eigenvalue weighted by Gasteiger charge is -2.03. The highest BCUT2D eigenvalue weighted by atomic mass is 79.9. The molecule has 148 valence electrons. The fourth-order valence-electron chi connectivity index (χ4n) is 2.55. The minimum atomic E-state index is -0.780. The number of hydrazone groups is 1. The zero-order valence-corrected chi connectivity index (χ0v) is 16.9. The van der Waals surface area contributed by atoms with Crippen molar-refractivity contribution in [1.82, 2.24) is 15.2 Å². The van der Waals surface area contributed by atoms with Crippen LogP contribution in [0.2, 0.25) is 0 Å². The molecule has 0 fully saturated rings. The van der Waals surface area contributed by atoms with Gasteiger partial charge in [0.1, 0.15) is 11.9 Å². The number of benzene rings is 2. The van der Waals surface area contributed by atoms with Gasteiger partial charge in [-0.25, -0.2) is 5.43 Å². The minimum Gasteiger partial charge on any atom is -0.496 e. The van der Waals surface area contributed by atoms with Crippen molar-refractivity contribution in [1.29, 1.82) is 0 Å². The first-order valence-corrected chi connectivity index (χ1v) is 9.20. The molecule has 1 aromatic heterocycles. The van der Waals surface area contributed by atoms with E-state index in [4.69, 9.17) is 4.74 Å². The molecule has 0 aliphatic heterocycles. The first kappa shape index (κ1) is 20.2. The SMILES string of the molecule is COc1ccccc1C=NNC(=O)c1nn(Cc2ccc(Br)cc2)cc1[N+](=O)[O-]. The van der Waals surface area contributed by atoms with Crippen molar-refractivity contribution in [2.24, 2.45) is 5.10 Å². The van der Waals surface area contributed by atoms with Gasteiger partial charge in [0.2, 0.25) is 5.69 Å². The predicted octanol–water partition coefficient (Wildman–Crippen LogP) is 3.37. The fraction of sp³-hybridized carbons (Fsp3) is 0.105. The number of rotatable bonds is 7. The maximum atomic E-state index is 12.4. The van der Waals surface area contributed by atoms with E-state index in [2.05, 4.69) is 31.6 Å². The van der Waals surface area contributed by atoms with Gasteiger partial charge in [-0.15, -0.1) is 0 Å². The van der Waals surface area contributed by atoms with Crippen molar-refractivity contribution >= 4 is 33.7 Å².